The smallest absolute Gasteiger partial charge is 0.160 e. The van der Waals surface area contributed by atoms with Gasteiger partial charge in [-0.25, -0.2) is 9.97 Å². The first-order valence-electron chi connectivity index (χ1n) is 16.1. The minimum Gasteiger partial charge on any atom is -0.456 e. The molecule has 0 spiro atoms. The first-order chi connectivity index (χ1) is 23.7. The summed E-state index contributed by atoms with van der Waals surface area (Å²) in [4.78, 5) is 10.2. The monoisotopic (exact) mass is 630 g/mol. The Balaban J connectivity index is 1.06. The number of benzene rings is 7. The number of rotatable bonds is 4. The average molecular weight is 631 g/mol. The summed E-state index contributed by atoms with van der Waals surface area (Å²) in [7, 11) is 0. The van der Waals surface area contributed by atoms with Crippen LogP contribution < -0.4 is 4.74 Å². The molecule has 0 aliphatic carbocycles. The molecule has 3 nitrogen and oxygen atoms in total. The van der Waals surface area contributed by atoms with Crippen LogP contribution in [0.2, 0.25) is 0 Å². The van der Waals surface area contributed by atoms with Gasteiger partial charge in [0.1, 0.15) is 11.5 Å². The Morgan fingerprint density at radius 1 is 0.417 bits per heavy atom. The van der Waals surface area contributed by atoms with E-state index in [4.69, 9.17) is 14.7 Å². The van der Waals surface area contributed by atoms with Crippen LogP contribution >= 0.6 is 11.3 Å². The van der Waals surface area contributed by atoms with Crippen molar-refractivity contribution in [1.82, 2.24) is 9.97 Å². The third-order valence-electron chi connectivity index (χ3n) is 9.30. The highest BCUT2D eigenvalue weighted by Crippen LogP contribution is 2.47. The molecule has 0 saturated heterocycles. The maximum absolute atomic E-state index is 6.34. The third kappa shape index (κ3) is 4.42. The fraction of sp³-hybridized carbons (Fsp3) is 0. The van der Waals surface area contributed by atoms with Gasteiger partial charge in [0, 0.05) is 47.8 Å². The van der Waals surface area contributed by atoms with Crippen molar-refractivity contribution in [1.29, 1.82) is 0 Å². The fourth-order valence-electron chi connectivity index (χ4n) is 6.92. The zero-order chi connectivity index (χ0) is 31.6. The number of hydrogen-bond donors (Lipinski definition) is 0. The van der Waals surface area contributed by atoms with E-state index in [1.165, 1.54) is 36.5 Å². The summed E-state index contributed by atoms with van der Waals surface area (Å²) in [5.74, 6) is 2.51. The normalized spacial score (nSPS) is 11.9. The van der Waals surface area contributed by atoms with E-state index in [1.807, 2.05) is 35.6 Å². The number of fused-ring (bicyclic) bond motifs is 5. The fourth-order valence-corrected chi connectivity index (χ4v) is 8.01. The maximum Gasteiger partial charge on any atom is 0.160 e. The van der Waals surface area contributed by atoms with Crippen LogP contribution in [0.25, 0.3) is 87.1 Å². The molecule has 1 aliphatic rings. The minimum atomic E-state index is 0.714. The molecular formula is C44H26N2OS. The second-order valence-corrected chi connectivity index (χ2v) is 13.3. The van der Waals surface area contributed by atoms with Gasteiger partial charge in [-0.05, 0) is 64.5 Å². The van der Waals surface area contributed by atoms with E-state index >= 15 is 0 Å². The Morgan fingerprint density at radius 2 is 1.12 bits per heavy atom. The van der Waals surface area contributed by atoms with Crippen LogP contribution in [0.15, 0.2) is 158 Å². The Morgan fingerprint density at radius 3 is 2.00 bits per heavy atom. The number of aromatic nitrogens is 2. The highest BCUT2D eigenvalue weighted by atomic mass is 32.1. The summed E-state index contributed by atoms with van der Waals surface area (Å²) in [5.41, 5.74) is 9.52. The highest BCUT2D eigenvalue weighted by molar-refractivity contribution is 7.25. The molecular weight excluding hydrogens is 605 g/mol. The summed E-state index contributed by atoms with van der Waals surface area (Å²) in [6.07, 6.45) is 0. The molecule has 0 amide bonds. The number of nitrogens with zero attached hydrogens (tertiary/aromatic N) is 2. The lowest BCUT2D eigenvalue weighted by Crippen LogP contribution is -1.97. The molecule has 0 saturated carbocycles. The molecule has 7 aromatic carbocycles. The molecule has 1 aliphatic heterocycles. The molecule has 224 valence electrons. The van der Waals surface area contributed by atoms with Gasteiger partial charge in [0.25, 0.3) is 0 Å². The summed E-state index contributed by atoms with van der Waals surface area (Å²) in [5, 5.41) is 4.89. The van der Waals surface area contributed by atoms with Crippen LogP contribution in [0.5, 0.6) is 11.5 Å². The van der Waals surface area contributed by atoms with Gasteiger partial charge in [0.15, 0.2) is 5.82 Å². The predicted octanol–water partition coefficient (Wildman–Crippen LogP) is 12.4. The van der Waals surface area contributed by atoms with Crippen molar-refractivity contribution in [2.75, 3.05) is 0 Å². The summed E-state index contributed by atoms with van der Waals surface area (Å²) >= 11 is 1.83. The minimum absolute atomic E-state index is 0.714. The summed E-state index contributed by atoms with van der Waals surface area (Å²) in [6, 6.07) is 55.5. The molecule has 0 radical (unpaired) electrons. The van der Waals surface area contributed by atoms with E-state index in [2.05, 4.69) is 133 Å². The quantitative estimate of drug-likeness (QED) is 0.194. The van der Waals surface area contributed by atoms with Crippen LogP contribution in [0.3, 0.4) is 0 Å². The van der Waals surface area contributed by atoms with Gasteiger partial charge in [-0.1, -0.05) is 115 Å². The number of hydrogen-bond acceptors (Lipinski definition) is 4. The second-order valence-electron chi connectivity index (χ2n) is 12.2. The molecule has 9 aromatic rings. The number of thiophene rings is 1. The lowest BCUT2D eigenvalue weighted by atomic mass is 9.92. The van der Waals surface area contributed by atoms with E-state index < -0.39 is 0 Å². The molecule has 0 fully saturated rings. The van der Waals surface area contributed by atoms with Gasteiger partial charge in [-0.2, -0.15) is 0 Å². The van der Waals surface area contributed by atoms with Crippen molar-refractivity contribution in [3.05, 3.63) is 158 Å². The first kappa shape index (κ1) is 27.1. The maximum atomic E-state index is 6.34. The van der Waals surface area contributed by atoms with E-state index in [0.29, 0.717) is 5.82 Å². The van der Waals surface area contributed by atoms with Crippen molar-refractivity contribution < 1.29 is 4.74 Å². The largest absolute Gasteiger partial charge is 0.456 e. The molecule has 4 heteroatoms. The second kappa shape index (κ2) is 10.7. The van der Waals surface area contributed by atoms with E-state index in [0.717, 1.165) is 56.3 Å². The van der Waals surface area contributed by atoms with E-state index in [-0.39, 0.29) is 0 Å². The van der Waals surface area contributed by atoms with Gasteiger partial charge in [0.05, 0.1) is 11.4 Å². The van der Waals surface area contributed by atoms with Crippen molar-refractivity contribution in [2.45, 2.75) is 0 Å². The standard InChI is InChI=1S/C44H26N2OS/c1-2-8-30(9-3-1)44-45-37(26-38(46-44)32-21-23-42-36(25-32)33-12-4-5-15-41(33)48-42)28-18-16-27(17-19-28)31-20-22-39-35(24-31)34-13-6-10-29-11-7-14-40(47-39)43(29)34/h1-26H. The Bertz CT molecular complexity index is 2690. The molecule has 10 rings (SSSR count). The molecule has 2 aromatic heterocycles. The SMILES string of the molecule is c1ccc(-c2nc(-c3ccc(-c4ccc5c(c4)-c4cccc6cccc(c46)O5)cc3)cc(-c3ccc4sc5ccccc5c4c3)n2)cc1. The molecule has 48 heavy (non-hydrogen) atoms. The molecule has 0 unspecified atom stereocenters. The zero-order valence-electron chi connectivity index (χ0n) is 25.7. The van der Waals surface area contributed by atoms with Gasteiger partial charge in [0.2, 0.25) is 0 Å². The van der Waals surface area contributed by atoms with Crippen molar-refractivity contribution in [3.63, 3.8) is 0 Å². The summed E-state index contributed by atoms with van der Waals surface area (Å²) in [6.45, 7) is 0. The van der Waals surface area contributed by atoms with E-state index in [9.17, 15) is 0 Å². The Kier molecular flexibility index (Phi) is 6.05. The van der Waals surface area contributed by atoms with Gasteiger partial charge >= 0.3 is 0 Å². The highest BCUT2D eigenvalue weighted by Gasteiger charge is 2.20. The summed E-state index contributed by atoms with van der Waals surface area (Å²) < 4.78 is 8.92. The predicted molar refractivity (Wildman–Crippen MR) is 200 cm³/mol. The third-order valence-corrected chi connectivity index (χ3v) is 10.5. The van der Waals surface area contributed by atoms with Crippen LogP contribution in [0.1, 0.15) is 0 Å². The lowest BCUT2D eigenvalue weighted by Gasteiger charge is -2.22. The Hall–Kier alpha value is -6.10. The lowest BCUT2D eigenvalue weighted by molar-refractivity contribution is 0.487. The van der Waals surface area contributed by atoms with Crippen molar-refractivity contribution in [2.24, 2.45) is 0 Å². The van der Waals surface area contributed by atoms with Crippen LogP contribution in [0, 0.1) is 0 Å². The Labute approximate surface area is 281 Å². The van der Waals surface area contributed by atoms with Gasteiger partial charge in [-0.15, -0.1) is 11.3 Å². The van der Waals surface area contributed by atoms with Crippen LogP contribution in [-0.2, 0) is 0 Å². The van der Waals surface area contributed by atoms with Crippen LogP contribution in [-0.4, -0.2) is 9.97 Å². The van der Waals surface area contributed by atoms with Gasteiger partial charge < -0.3 is 4.74 Å². The molecule has 0 atom stereocenters. The topological polar surface area (TPSA) is 35.0 Å². The zero-order valence-corrected chi connectivity index (χ0v) is 26.5. The van der Waals surface area contributed by atoms with Crippen LogP contribution in [0.4, 0.5) is 0 Å². The molecule has 3 heterocycles. The van der Waals surface area contributed by atoms with E-state index in [1.54, 1.807) is 0 Å². The van der Waals surface area contributed by atoms with Crippen molar-refractivity contribution in [3.8, 4) is 67.7 Å². The number of ether oxygens (including phenoxy) is 1. The van der Waals surface area contributed by atoms with Gasteiger partial charge in [-0.3, -0.25) is 0 Å². The van der Waals surface area contributed by atoms with Crippen molar-refractivity contribution >= 4 is 42.3 Å². The first-order valence-corrected chi connectivity index (χ1v) is 16.9. The molecule has 0 N–H and O–H groups in total. The molecule has 0 bridgehead atoms. The average Bonchev–Trinajstić information content (AvgIpc) is 3.53.